The number of carbonyl (C=O) groups is 1. The van der Waals surface area contributed by atoms with Gasteiger partial charge in [0.1, 0.15) is 16.9 Å². The van der Waals surface area contributed by atoms with Crippen molar-refractivity contribution in [1.29, 1.82) is 0 Å². The van der Waals surface area contributed by atoms with E-state index in [0.29, 0.717) is 11.2 Å². The molecule has 166 valence electrons. The van der Waals surface area contributed by atoms with E-state index in [2.05, 4.69) is 9.88 Å². The summed E-state index contributed by atoms with van der Waals surface area (Å²) in [6.07, 6.45) is 0. The zero-order valence-corrected chi connectivity index (χ0v) is 19.3. The number of halogens is 3. The Hall–Kier alpha value is -2.33. The molecule has 3 aromatic rings. The van der Waals surface area contributed by atoms with Crippen LogP contribution in [0.15, 0.2) is 36.4 Å². The first-order chi connectivity index (χ1) is 14.3. The van der Waals surface area contributed by atoms with E-state index in [1.165, 1.54) is 29.2 Å². The Morgan fingerprint density at radius 1 is 1.23 bits per heavy atom. The van der Waals surface area contributed by atoms with Crippen molar-refractivity contribution in [1.82, 2.24) is 9.88 Å². The van der Waals surface area contributed by atoms with Gasteiger partial charge in [-0.1, -0.05) is 42.9 Å². The molecule has 0 aliphatic heterocycles. The first-order valence-corrected chi connectivity index (χ1v) is 10.6. The minimum absolute atomic E-state index is 0. The molecule has 7 nitrogen and oxygen atoms in total. The molecule has 1 aromatic heterocycles. The molecule has 0 aliphatic carbocycles. The van der Waals surface area contributed by atoms with Crippen LogP contribution in [0.4, 0.5) is 15.2 Å². The standard InChI is InChI=1S/C20H20ClFN4O3S.ClH/c1-3-24(4-2)10-11-25(20-23-18-15(22)6-5-7-17(18)30-20)19(27)14-12-13(21)8-9-16(14)26(28)29;/h5-9,12H,3-4,10-11H2,1-2H3;1H. The number of hydrogen-bond donors (Lipinski definition) is 0. The number of amides is 1. The van der Waals surface area contributed by atoms with E-state index >= 15 is 0 Å². The Morgan fingerprint density at radius 3 is 2.55 bits per heavy atom. The third kappa shape index (κ3) is 5.48. The van der Waals surface area contributed by atoms with Gasteiger partial charge in [0.2, 0.25) is 0 Å². The molecule has 0 fully saturated rings. The summed E-state index contributed by atoms with van der Waals surface area (Å²) in [7, 11) is 0. The van der Waals surface area contributed by atoms with Crippen molar-refractivity contribution < 1.29 is 14.1 Å². The molecule has 11 heteroatoms. The average molecular weight is 487 g/mol. The molecule has 1 heterocycles. The lowest BCUT2D eigenvalue weighted by Crippen LogP contribution is -2.39. The number of rotatable bonds is 8. The number of hydrogen-bond acceptors (Lipinski definition) is 6. The number of carbonyl (C=O) groups excluding carboxylic acids is 1. The van der Waals surface area contributed by atoms with Crippen molar-refractivity contribution in [3.05, 3.63) is 62.9 Å². The minimum Gasteiger partial charge on any atom is -0.302 e. The van der Waals surface area contributed by atoms with E-state index in [0.717, 1.165) is 24.4 Å². The van der Waals surface area contributed by atoms with Crippen LogP contribution >= 0.6 is 35.3 Å². The first-order valence-electron chi connectivity index (χ1n) is 9.38. The Labute approximate surface area is 194 Å². The van der Waals surface area contributed by atoms with Crippen LogP contribution < -0.4 is 4.90 Å². The molecule has 0 saturated carbocycles. The summed E-state index contributed by atoms with van der Waals surface area (Å²) in [5.41, 5.74) is -0.310. The van der Waals surface area contributed by atoms with Gasteiger partial charge in [0.25, 0.3) is 11.6 Å². The van der Waals surface area contributed by atoms with E-state index in [1.54, 1.807) is 12.1 Å². The molecule has 0 spiro atoms. The summed E-state index contributed by atoms with van der Waals surface area (Å²) in [5, 5.41) is 12.0. The Bertz CT molecular complexity index is 1090. The van der Waals surface area contributed by atoms with Crippen LogP contribution in [0.1, 0.15) is 24.2 Å². The van der Waals surface area contributed by atoms with Gasteiger partial charge >= 0.3 is 0 Å². The lowest BCUT2D eigenvalue weighted by Gasteiger charge is -2.24. The molecule has 31 heavy (non-hydrogen) atoms. The van der Waals surface area contributed by atoms with Crippen LogP contribution in [0.25, 0.3) is 10.2 Å². The normalized spacial score (nSPS) is 10.9. The summed E-state index contributed by atoms with van der Waals surface area (Å²) >= 11 is 7.17. The number of nitro groups is 1. The molecule has 3 rings (SSSR count). The van der Waals surface area contributed by atoms with Gasteiger partial charge in [0.05, 0.1) is 9.62 Å². The van der Waals surface area contributed by atoms with Crippen LogP contribution in [-0.2, 0) is 0 Å². The summed E-state index contributed by atoms with van der Waals surface area (Å²) in [6, 6.07) is 8.44. The number of nitro benzene ring substituents is 1. The van der Waals surface area contributed by atoms with Gasteiger partial charge < -0.3 is 4.90 Å². The van der Waals surface area contributed by atoms with Crippen molar-refractivity contribution in [2.24, 2.45) is 0 Å². The van der Waals surface area contributed by atoms with Crippen molar-refractivity contribution in [3.63, 3.8) is 0 Å². The molecule has 1 amide bonds. The largest absolute Gasteiger partial charge is 0.302 e. The van der Waals surface area contributed by atoms with Gasteiger partial charge in [-0.3, -0.25) is 19.8 Å². The number of fused-ring (bicyclic) bond motifs is 1. The zero-order valence-electron chi connectivity index (χ0n) is 16.9. The van der Waals surface area contributed by atoms with Gasteiger partial charge in [0.15, 0.2) is 5.13 Å². The number of thiazole rings is 1. The second-order valence-corrected chi connectivity index (χ2v) is 7.93. The van der Waals surface area contributed by atoms with Crippen molar-refractivity contribution in [3.8, 4) is 0 Å². The van der Waals surface area contributed by atoms with Gasteiger partial charge in [-0.2, -0.15) is 0 Å². The predicted molar refractivity (Wildman–Crippen MR) is 124 cm³/mol. The van der Waals surface area contributed by atoms with Gasteiger partial charge in [-0.25, -0.2) is 9.37 Å². The topological polar surface area (TPSA) is 79.6 Å². The second kappa shape index (κ2) is 10.8. The number of para-hydroxylation sites is 1. The van der Waals surface area contributed by atoms with E-state index in [4.69, 9.17) is 11.6 Å². The van der Waals surface area contributed by atoms with Crippen molar-refractivity contribution in [2.45, 2.75) is 13.8 Å². The number of aromatic nitrogens is 1. The van der Waals surface area contributed by atoms with Crippen LogP contribution in [0.3, 0.4) is 0 Å². The third-order valence-electron chi connectivity index (χ3n) is 4.75. The Balaban J connectivity index is 0.00000341. The molecule has 0 bridgehead atoms. The molecular formula is C20H21Cl2FN4O3S. The summed E-state index contributed by atoms with van der Waals surface area (Å²) in [6.45, 7) is 6.35. The second-order valence-electron chi connectivity index (χ2n) is 6.49. The zero-order chi connectivity index (χ0) is 21.8. The highest BCUT2D eigenvalue weighted by molar-refractivity contribution is 7.22. The third-order valence-corrected chi connectivity index (χ3v) is 6.03. The molecule has 0 unspecified atom stereocenters. The van der Waals surface area contributed by atoms with Crippen LogP contribution in [-0.4, -0.2) is 46.9 Å². The summed E-state index contributed by atoms with van der Waals surface area (Å²) < 4.78 is 14.7. The maximum Gasteiger partial charge on any atom is 0.282 e. The lowest BCUT2D eigenvalue weighted by atomic mass is 10.1. The molecule has 2 aromatic carbocycles. The van der Waals surface area contributed by atoms with Crippen molar-refractivity contribution in [2.75, 3.05) is 31.1 Å². The predicted octanol–water partition coefficient (Wildman–Crippen LogP) is 5.41. The Morgan fingerprint density at radius 2 is 1.94 bits per heavy atom. The molecule has 0 radical (unpaired) electrons. The highest BCUT2D eigenvalue weighted by Gasteiger charge is 2.28. The SMILES string of the molecule is CCN(CC)CCN(C(=O)c1cc(Cl)ccc1[N+](=O)[O-])c1nc2c(F)cccc2s1.Cl. The molecular weight excluding hydrogens is 466 g/mol. The molecule has 0 atom stereocenters. The fraction of sp³-hybridized carbons (Fsp3) is 0.300. The summed E-state index contributed by atoms with van der Waals surface area (Å²) in [5.74, 6) is -1.09. The summed E-state index contributed by atoms with van der Waals surface area (Å²) in [4.78, 5) is 32.0. The van der Waals surface area contributed by atoms with E-state index in [9.17, 15) is 19.3 Å². The fourth-order valence-electron chi connectivity index (χ4n) is 3.07. The van der Waals surface area contributed by atoms with Gasteiger partial charge in [-0.05, 0) is 37.4 Å². The average Bonchev–Trinajstić information content (AvgIpc) is 3.16. The number of likely N-dealkylation sites (N-methyl/N-ethyl adjacent to an activating group) is 1. The molecule has 0 N–H and O–H groups in total. The first kappa shape index (κ1) is 24.9. The van der Waals surface area contributed by atoms with Crippen LogP contribution in [0.5, 0.6) is 0 Å². The monoisotopic (exact) mass is 486 g/mol. The highest BCUT2D eigenvalue weighted by atomic mass is 35.5. The van der Waals surface area contributed by atoms with E-state index in [1.807, 2.05) is 13.8 Å². The Kier molecular flexibility index (Phi) is 8.69. The van der Waals surface area contributed by atoms with E-state index in [-0.39, 0.29) is 45.9 Å². The number of nitrogens with zero attached hydrogens (tertiary/aromatic N) is 4. The molecule has 0 saturated heterocycles. The minimum atomic E-state index is -0.621. The fourth-order valence-corrected chi connectivity index (χ4v) is 4.24. The maximum atomic E-state index is 14.2. The van der Waals surface area contributed by atoms with E-state index < -0.39 is 16.6 Å². The van der Waals surface area contributed by atoms with Gasteiger partial charge in [0, 0.05) is 24.2 Å². The van der Waals surface area contributed by atoms with Crippen LogP contribution in [0, 0.1) is 15.9 Å². The van der Waals surface area contributed by atoms with Crippen molar-refractivity contribution >= 4 is 62.3 Å². The quantitative estimate of drug-likeness (QED) is 0.314. The number of anilines is 1. The molecule has 0 aliphatic rings. The maximum absolute atomic E-state index is 14.2. The smallest absolute Gasteiger partial charge is 0.282 e. The van der Waals surface area contributed by atoms with Gasteiger partial charge in [-0.15, -0.1) is 12.4 Å². The van der Waals surface area contributed by atoms with Crippen LogP contribution in [0.2, 0.25) is 5.02 Å². The lowest BCUT2D eigenvalue weighted by molar-refractivity contribution is -0.385. The number of benzene rings is 2. The highest BCUT2D eigenvalue weighted by Crippen LogP contribution is 2.32.